The lowest BCUT2D eigenvalue weighted by molar-refractivity contribution is -0.141. The molecule has 4 nitrogen and oxygen atoms in total. The summed E-state index contributed by atoms with van der Waals surface area (Å²) in [7, 11) is 0. The molecule has 4 aromatic carbocycles. The molecule has 0 aliphatic carbocycles. The lowest BCUT2D eigenvalue weighted by atomic mass is 9.99. The molecular weight excluding hydrogens is 492 g/mol. The lowest BCUT2D eigenvalue weighted by Crippen LogP contribution is -2.51. The van der Waals surface area contributed by atoms with Crippen molar-refractivity contribution in [1.82, 2.24) is 10.2 Å². The van der Waals surface area contributed by atoms with E-state index in [-0.39, 0.29) is 11.8 Å². The van der Waals surface area contributed by atoms with Crippen LogP contribution in [-0.2, 0) is 29.0 Å². The van der Waals surface area contributed by atoms with E-state index in [2.05, 4.69) is 43.4 Å². The predicted molar refractivity (Wildman–Crippen MR) is 156 cm³/mol. The van der Waals surface area contributed by atoms with Crippen LogP contribution in [0, 0.1) is 5.92 Å². The van der Waals surface area contributed by atoms with Gasteiger partial charge in [0.2, 0.25) is 11.8 Å². The molecule has 1 unspecified atom stereocenters. The van der Waals surface area contributed by atoms with E-state index in [1.54, 1.807) is 4.90 Å². The predicted octanol–water partition coefficient (Wildman–Crippen LogP) is 6.84. The van der Waals surface area contributed by atoms with Crippen molar-refractivity contribution in [3.05, 3.63) is 119 Å². The number of aryl methyl sites for hydroxylation is 1. The highest BCUT2D eigenvalue weighted by atomic mass is 35.5. The Morgan fingerprint density at radius 3 is 2.24 bits per heavy atom. The zero-order valence-electron chi connectivity index (χ0n) is 22.1. The van der Waals surface area contributed by atoms with Gasteiger partial charge in [0, 0.05) is 31.0 Å². The van der Waals surface area contributed by atoms with Crippen LogP contribution in [0.1, 0.15) is 37.0 Å². The van der Waals surface area contributed by atoms with E-state index in [9.17, 15) is 9.59 Å². The molecule has 1 N–H and O–H groups in total. The number of hydrogen-bond donors (Lipinski definition) is 1. The van der Waals surface area contributed by atoms with Crippen LogP contribution in [0.5, 0.6) is 0 Å². The number of fused-ring (bicyclic) bond motifs is 1. The number of nitrogens with zero attached hydrogens (tertiary/aromatic N) is 1. The largest absolute Gasteiger partial charge is 0.354 e. The van der Waals surface area contributed by atoms with Crippen LogP contribution in [0.4, 0.5) is 0 Å². The normalized spacial score (nSPS) is 11.9. The summed E-state index contributed by atoms with van der Waals surface area (Å²) in [6.45, 7) is 5.02. The molecule has 0 aromatic heterocycles. The lowest BCUT2D eigenvalue weighted by Gasteiger charge is -2.32. The van der Waals surface area contributed by atoms with E-state index in [1.807, 2.05) is 72.8 Å². The highest BCUT2D eigenvalue weighted by Gasteiger charge is 2.30. The van der Waals surface area contributed by atoms with Gasteiger partial charge in [-0.3, -0.25) is 9.59 Å². The van der Waals surface area contributed by atoms with Crippen molar-refractivity contribution in [1.29, 1.82) is 0 Å². The summed E-state index contributed by atoms with van der Waals surface area (Å²) in [5, 5.41) is 6.03. The molecule has 0 radical (unpaired) electrons. The summed E-state index contributed by atoms with van der Waals surface area (Å²) >= 11 is 6.12. The molecule has 0 fully saturated rings. The molecule has 0 aliphatic rings. The molecule has 0 spiro atoms. The zero-order valence-corrected chi connectivity index (χ0v) is 22.8. The standard InChI is InChI=1S/C33H35ClN2O2/c1-24(2)22-35-33(38)31(21-25-9-4-3-5-10-25)36(23-26-15-18-29(34)19-16-26)32(37)20-17-28-13-8-12-27-11-6-7-14-30(27)28/h3-16,18-19,24,31H,17,20-23H2,1-2H3,(H,35,38). The van der Waals surface area contributed by atoms with E-state index in [4.69, 9.17) is 11.6 Å². The third-order valence-electron chi connectivity index (χ3n) is 6.71. The molecule has 38 heavy (non-hydrogen) atoms. The summed E-state index contributed by atoms with van der Waals surface area (Å²) < 4.78 is 0. The first-order valence-electron chi connectivity index (χ1n) is 13.2. The summed E-state index contributed by atoms with van der Waals surface area (Å²) in [5.74, 6) is 0.131. The molecule has 4 aromatic rings. The summed E-state index contributed by atoms with van der Waals surface area (Å²) in [6.07, 6.45) is 1.35. The van der Waals surface area contributed by atoms with Crippen molar-refractivity contribution in [3.8, 4) is 0 Å². The van der Waals surface area contributed by atoms with Crippen LogP contribution in [-0.4, -0.2) is 29.3 Å². The maximum atomic E-state index is 13.9. The third kappa shape index (κ3) is 7.45. The number of carbonyl (C=O) groups excluding carboxylic acids is 2. The fourth-order valence-corrected chi connectivity index (χ4v) is 4.78. The Labute approximate surface area is 230 Å². The van der Waals surface area contributed by atoms with Crippen LogP contribution >= 0.6 is 11.6 Å². The fraction of sp³-hybridized carbons (Fsp3) is 0.273. The Balaban J connectivity index is 1.63. The molecule has 1 atom stereocenters. The Hall–Kier alpha value is -3.63. The molecule has 0 heterocycles. The van der Waals surface area contributed by atoms with E-state index in [1.165, 1.54) is 0 Å². The second-order valence-corrected chi connectivity index (χ2v) is 10.6. The highest BCUT2D eigenvalue weighted by Crippen LogP contribution is 2.22. The van der Waals surface area contributed by atoms with Gasteiger partial charge in [-0.25, -0.2) is 0 Å². The quantitative estimate of drug-likeness (QED) is 0.232. The molecule has 0 saturated carbocycles. The first-order chi connectivity index (χ1) is 18.4. The number of carbonyl (C=O) groups is 2. The smallest absolute Gasteiger partial charge is 0.243 e. The van der Waals surface area contributed by atoms with E-state index in [0.717, 1.165) is 27.5 Å². The number of rotatable bonds is 11. The molecule has 0 aliphatic heterocycles. The third-order valence-corrected chi connectivity index (χ3v) is 6.96. The molecule has 0 saturated heterocycles. The Bertz CT molecular complexity index is 1350. The van der Waals surface area contributed by atoms with Crippen molar-refractivity contribution in [3.63, 3.8) is 0 Å². The van der Waals surface area contributed by atoms with E-state index >= 15 is 0 Å². The average molecular weight is 527 g/mol. The topological polar surface area (TPSA) is 49.4 Å². The summed E-state index contributed by atoms with van der Waals surface area (Å²) in [6, 6.07) is 31.2. The zero-order chi connectivity index (χ0) is 26.9. The average Bonchev–Trinajstić information content (AvgIpc) is 2.93. The first kappa shape index (κ1) is 27.4. The van der Waals surface area contributed by atoms with Crippen molar-refractivity contribution in [2.45, 2.75) is 45.7 Å². The molecule has 5 heteroatoms. The van der Waals surface area contributed by atoms with Gasteiger partial charge in [-0.05, 0) is 51.9 Å². The minimum atomic E-state index is -0.633. The number of nitrogens with one attached hydrogen (secondary N) is 1. The van der Waals surface area contributed by atoms with Crippen LogP contribution in [0.25, 0.3) is 10.8 Å². The van der Waals surface area contributed by atoms with E-state index in [0.29, 0.717) is 43.3 Å². The van der Waals surface area contributed by atoms with Gasteiger partial charge in [0.25, 0.3) is 0 Å². The molecular formula is C33H35ClN2O2. The van der Waals surface area contributed by atoms with Crippen LogP contribution in [0.15, 0.2) is 97.1 Å². The first-order valence-corrected chi connectivity index (χ1v) is 13.6. The van der Waals surface area contributed by atoms with Gasteiger partial charge in [-0.1, -0.05) is 110 Å². The van der Waals surface area contributed by atoms with Gasteiger partial charge in [-0.15, -0.1) is 0 Å². The van der Waals surface area contributed by atoms with Crippen molar-refractivity contribution in [2.24, 2.45) is 5.92 Å². The second-order valence-electron chi connectivity index (χ2n) is 10.1. The van der Waals surface area contributed by atoms with E-state index < -0.39 is 6.04 Å². The highest BCUT2D eigenvalue weighted by molar-refractivity contribution is 6.30. The van der Waals surface area contributed by atoms with Gasteiger partial charge in [-0.2, -0.15) is 0 Å². The fourth-order valence-electron chi connectivity index (χ4n) is 4.66. The number of benzene rings is 4. The van der Waals surface area contributed by atoms with Crippen molar-refractivity contribution < 1.29 is 9.59 Å². The SMILES string of the molecule is CC(C)CNC(=O)C(Cc1ccccc1)N(Cc1ccc(Cl)cc1)C(=O)CCc1cccc2ccccc12. The maximum absolute atomic E-state index is 13.9. The Morgan fingerprint density at radius 1 is 0.816 bits per heavy atom. The van der Waals surface area contributed by atoms with Gasteiger partial charge >= 0.3 is 0 Å². The second kappa shape index (κ2) is 13.3. The minimum absolute atomic E-state index is 0.0477. The molecule has 196 valence electrons. The number of amides is 2. The maximum Gasteiger partial charge on any atom is 0.243 e. The van der Waals surface area contributed by atoms with Gasteiger partial charge in [0.15, 0.2) is 0 Å². The van der Waals surface area contributed by atoms with Crippen molar-refractivity contribution >= 4 is 34.2 Å². The van der Waals surface area contributed by atoms with Crippen molar-refractivity contribution in [2.75, 3.05) is 6.54 Å². The summed E-state index contributed by atoms with van der Waals surface area (Å²) in [4.78, 5) is 29.2. The number of hydrogen-bond acceptors (Lipinski definition) is 2. The van der Waals surface area contributed by atoms with Gasteiger partial charge < -0.3 is 10.2 Å². The Morgan fingerprint density at radius 2 is 1.50 bits per heavy atom. The van der Waals surface area contributed by atoms with Crippen LogP contribution in [0.3, 0.4) is 0 Å². The van der Waals surface area contributed by atoms with Gasteiger partial charge in [0.05, 0.1) is 0 Å². The molecule has 2 amide bonds. The van der Waals surface area contributed by atoms with Gasteiger partial charge in [0.1, 0.15) is 6.04 Å². The van der Waals surface area contributed by atoms with Crippen LogP contribution < -0.4 is 5.32 Å². The minimum Gasteiger partial charge on any atom is -0.354 e. The molecule has 4 rings (SSSR count). The molecule has 0 bridgehead atoms. The number of halogens is 1. The Kier molecular flexibility index (Phi) is 9.56. The van der Waals surface area contributed by atoms with Crippen LogP contribution in [0.2, 0.25) is 5.02 Å². The summed E-state index contributed by atoms with van der Waals surface area (Å²) in [5.41, 5.74) is 3.08. The monoisotopic (exact) mass is 526 g/mol.